The van der Waals surface area contributed by atoms with E-state index in [1.54, 1.807) is 18.7 Å². The summed E-state index contributed by atoms with van der Waals surface area (Å²) in [5.41, 5.74) is 0.540. The quantitative estimate of drug-likeness (QED) is 0.675. The predicted molar refractivity (Wildman–Crippen MR) is 98.9 cm³/mol. The van der Waals surface area contributed by atoms with Crippen molar-refractivity contribution in [3.8, 4) is 5.75 Å². The number of nitrogens with two attached hydrogens (primary N) is 1. The van der Waals surface area contributed by atoms with Gasteiger partial charge >= 0.3 is 6.18 Å². The molecule has 11 heteroatoms. The third-order valence-electron chi connectivity index (χ3n) is 5.11. The molecule has 0 spiro atoms. The van der Waals surface area contributed by atoms with Crippen LogP contribution in [-0.4, -0.2) is 36.0 Å². The van der Waals surface area contributed by atoms with E-state index in [2.05, 4.69) is 10.2 Å². The maximum absolute atomic E-state index is 12.3. The maximum atomic E-state index is 12.3. The summed E-state index contributed by atoms with van der Waals surface area (Å²) in [4.78, 5) is 0.0227. The first-order valence-electron chi connectivity index (χ1n) is 9.34. The molecule has 160 valence electrons. The summed E-state index contributed by atoms with van der Waals surface area (Å²) in [5.74, 6) is 0.254. The minimum atomic E-state index is -4.23. The third kappa shape index (κ3) is 5.92. The summed E-state index contributed by atoms with van der Waals surface area (Å²) in [6.07, 6.45) is 1.19. The lowest BCUT2D eigenvalue weighted by Crippen LogP contribution is -2.21. The standard InChI is InChI=1S/C18H23F3N4O3S/c19-18(20,21)7-2-8-28-15-5-6-17(29(22,26)27)16(10-15)13-3-1-4-14(9-13)25-11-23-24-12-25/h5-6,10-14H,1-4,7-9H2,(H2,22,26,27)/t13-,14+/m0/s1. The summed E-state index contributed by atoms with van der Waals surface area (Å²) in [6.45, 7) is -0.109. The van der Waals surface area contributed by atoms with E-state index in [1.165, 1.54) is 12.1 Å². The van der Waals surface area contributed by atoms with Crippen LogP contribution >= 0.6 is 0 Å². The van der Waals surface area contributed by atoms with E-state index in [9.17, 15) is 21.6 Å². The predicted octanol–water partition coefficient (Wildman–Crippen LogP) is 3.55. The van der Waals surface area contributed by atoms with Crippen LogP contribution in [0.15, 0.2) is 35.7 Å². The van der Waals surface area contributed by atoms with Gasteiger partial charge < -0.3 is 9.30 Å². The van der Waals surface area contributed by atoms with Gasteiger partial charge in [0.2, 0.25) is 10.0 Å². The zero-order valence-corrected chi connectivity index (χ0v) is 16.5. The molecule has 0 aliphatic heterocycles. The molecule has 1 fully saturated rings. The van der Waals surface area contributed by atoms with E-state index in [0.717, 1.165) is 19.3 Å². The highest BCUT2D eigenvalue weighted by Gasteiger charge is 2.29. The van der Waals surface area contributed by atoms with Gasteiger partial charge in [-0.3, -0.25) is 0 Å². The molecule has 0 unspecified atom stereocenters. The number of halogens is 3. The van der Waals surface area contributed by atoms with Crippen molar-refractivity contribution < 1.29 is 26.3 Å². The number of ether oxygens (including phenoxy) is 1. The average molecular weight is 432 g/mol. The topological polar surface area (TPSA) is 100 Å². The summed E-state index contributed by atoms with van der Waals surface area (Å²) in [7, 11) is -3.95. The molecule has 1 heterocycles. The highest BCUT2D eigenvalue weighted by Crippen LogP contribution is 2.41. The Balaban J connectivity index is 1.79. The van der Waals surface area contributed by atoms with Crippen molar-refractivity contribution in [1.29, 1.82) is 0 Å². The smallest absolute Gasteiger partial charge is 0.389 e. The molecule has 0 saturated heterocycles. The number of primary sulfonamides is 1. The van der Waals surface area contributed by atoms with Crippen LogP contribution in [0.2, 0.25) is 0 Å². The zero-order chi connectivity index (χ0) is 21.1. The Bertz CT molecular complexity index is 917. The molecule has 2 N–H and O–H groups in total. The van der Waals surface area contributed by atoms with Gasteiger partial charge in [-0.2, -0.15) is 13.2 Å². The van der Waals surface area contributed by atoms with E-state index in [-0.39, 0.29) is 29.9 Å². The molecule has 0 bridgehead atoms. The Morgan fingerprint density at radius 2 is 1.93 bits per heavy atom. The number of benzene rings is 1. The molecular weight excluding hydrogens is 409 g/mol. The largest absolute Gasteiger partial charge is 0.494 e. The number of aromatic nitrogens is 3. The minimum absolute atomic E-state index is 0.0227. The van der Waals surface area contributed by atoms with Crippen LogP contribution in [0.5, 0.6) is 5.75 Å². The van der Waals surface area contributed by atoms with Gasteiger partial charge in [0.25, 0.3) is 0 Å². The molecule has 1 aliphatic rings. The van der Waals surface area contributed by atoms with Gasteiger partial charge in [0, 0.05) is 12.5 Å². The van der Waals surface area contributed by atoms with Crippen molar-refractivity contribution in [3.05, 3.63) is 36.4 Å². The average Bonchev–Trinajstić information content (AvgIpc) is 3.18. The number of rotatable bonds is 7. The van der Waals surface area contributed by atoms with Crippen LogP contribution in [0.4, 0.5) is 13.2 Å². The first kappa shape index (κ1) is 21.6. The summed E-state index contributed by atoms with van der Waals surface area (Å²) < 4.78 is 68.3. The fourth-order valence-electron chi connectivity index (χ4n) is 3.77. The third-order valence-corrected chi connectivity index (χ3v) is 6.09. The molecule has 2 aromatic rings. The van der Waals surface area contributed by atoms with Crippen LogP contribution in [0, 0.1) is 0 Å². The molecular formula is C18H23F3N4O3S. The second-order valence-electron chi connectivity index (χ2n) is 7.24. The Hall–Kier alpha value is -2.14. The van der Waals surface area contributed by atoms with Crippen molar-refractivity contribution in [1.82, 2.24) is 14.8 Å². The van der Waals surface area contributed by atoms with Crippen molar-refractivity contribution in [2.75, 3.05) is 6.61 Å². The highest BCUT2D eigenvalue weighted by molar-refractivity contribution is 7.89. The van der Waals surface area contributed by atoms with E-state index >= 15 is 0 Å². The van der Waals surface area contributed by atoms with Gasteiger partial charge in [0.15, 0.2) is 0 Å². The van der Waals surface area contributed by atoms with E-state index < -0.39 is 22.6 Å². The van der Waals surface area contributed by atoms with E-state index in [0.29, 0.717) is 17.7 Å². The van der Waals surface area contributed by atoms with Crippen LogP contribution in [0.25, 0.3) is 0 Å². The SMILES string of the molecule is NS(=O)(=O)c1ccc(OCCCC(F)(F)F)cc1[C@H]1CCC[C@@H](n2cnnc2)C1. The molecule has 0 radical (unpaired) electrons. The molecule has 29 heavy (non-hydrogen) atoms. The van der Waals surface area contributed by atoms with Gasteiger partial charge in [-0.1, -0.05) is 6.42 Å². The van der Waals surface area contributed by atoms with Crippen LogP contribution < -0.4 is 9.88 Å². The molecule has 1 saturated carbocycles. The van der Waals surface area contributed by atoms with Crippen LogP contribution in [0.3, 0.4) is 0 Å². The van der Waals surface area contributed by atoms with Gasteiger partial charge in [-0.25, -0.2) is 13.6 Å². The number of nitrogens with zero attached hydrogens (tertiary/aromatic N) is 3. The van der Waals surface area contributed by atoms with Gasteiger partial charge in [-0.05, 0) is 55.4 Å². The number of hydrogen-bond donors (Lipinski definition) is 1. The monoisotopic (exact) mass is 432 g/mol. The normalized spacial score (nSPS) is 20.6. The lowest BCUT2D eigenvalue weighted by atomic mass is 9.81. The lowest BCUT2D eigenvalue weighted by Gasteiger charge is -2.31. The fourth-order valence-corrected chi connectivity index (χ4v) is 4.58. The molecule has 7 nitrogen and oxygen atoms in total. The Morgan fingerprint density at radius 3 is 2.59 bits per heavy atom. The lowest BCUT2D eigenvalue weighted by molar-refractivity contribution is -0.136. The molecule has 2 atom stereocenters. The van der Waals surface area contributed by atoms with Crippen LogP contribution in [-0.2, 0) is 10.0 Å². The second kappa shape index (κ2) is 8.70. The van der Waals surface area contributed by atoms with E-state index in [1.807, 2.05) is 4.57 Å². The molecule has 0 amide bonds. The number of hydrogen-bond acceptors (Lipinski definition) is 5. The van der Waals surface area contributed by atoms with Crippen LogP contribution in [0.1, 0.15) is 56.0 Å². The Kier molecular flexibility index (Phi) is 6.47. The van der Waals surface area contributed by atoms with Gasteiger partial charge in [0.05, 0.1) is 11.5 Å². The second-order valence-corrected chi connectivity index (χ2v) is 8.77. The summed E-state index contributed by atoms with van der Waals surface area (Å²) in [5, 5.41) is 13.0. The van der Waals surface area contributed by atoms with Crippen molar-refractivity contribution in [2.24, 2.45) is 5.14 Å². The summed E-state index contributed by atoms with van der Waals surface area (Å²) in [6, 6.07) is 4.52. The molecule has 1 aromatic carbocycles. The first-order valence-corrected chi connectivity index (χ1v) is 10.9. The molecule has 1 aliphatic carbocycles. The van der Waals surface area contributed by atoms with Crippen molar-refractivity contribution >= 4 is 10.0 Å². The molecule has 3 rings (SSSR count). The van der Waals surface area contributed by atoms with Gasteiger partial charge in [0.1, 0.15) is 18.4 Å². The summed E-state index contributed by atoms with van der Waals surface area (Å²) >= 11 is 0. The zero-order valence-electron chi connectivity index (χ0n) is 15.7. The number of alkyl halides is 3. The first-order chi connectivity index (χ1) is 13.6. The van der Waals surface area contributed by atoms with E-state index in [4.69, 9.17) is 9.88 Å². The van der Waals surface area contributed by atoms with Gasteiger partial charge in [-0.15, -0.1) is 10.2 Å². The number of sulfonamides is 1. The highest BCUT2D eigenvalue weighted by atomic mass is 32.2. The fraction of sp³-hybridized carbons (Fsp3) is 0.556. The maximum Gasteiger partial charge on any atom is 0.389 e. The van der Waals surface area contributed by atoms with Crippen molar-refractivity contribution in [2.45, 2.75) is 61.6 Å². The molecule has 1 aromatic heterocycles. The van der Waals surface area contributed by atoms with Crippen molar-refractivity contribution in [3.63, 3.8) is 0 Å². The minimum Gasteiger partial charge on any atom is -0.494 e. The Morgan fingerprint density at radius 1 is 1.21 bits per heavy atom. The Labute approximate surface area is 167 Å².